The maximum Gasteiger partial charge on any atom is 0.0678 e. The molecule has 3 atom stereocenters. The zero-order valence-corrected chi connectivity index (χ0v) is 11.8. The fourth-order valence-electron chi connectivity index (χ4n) is 2.78. The van der Waals surface area contributed by atoms with Gasteiger partial charge in [-0.15, -0.1) is 0 Å². The first kappa shape index (κ1) is 13.6. The minimum Gasteiger partial charge on any atom is -0.373 e. The third-order valence-corrected chi connectivity index (χ3v) is 3.76. The van der Waals surface area contributed by atoms with Crippen molar-refractivity contribution >= 4 is 0 Å². The molecule has 2 rings (SSSR count). The zero-order valence-electron chi connectivity index (χ0n) is 11.8. The first-order valence-electron chi connectivity index (χ1n) is 7.08. The highest BCUT2D eigenvalue weighted by molar-refractivity contribution is 5.14. The number of hydrogen-bond donors (Lipinski definition) is 0. The topological polar surface area (TPSA) is 12.5 Å². The Morgan fingerprint density at radius 3 is 2.39 bits per heavy atom. The van der Waals surface area contributed by atoms with Crippen LogP contribution in [-0.4, -0.2) is 36.2 Å². The molecular formula is C16H25NO. The van der Waals surface area contributed by atoms with E-state index in [4.69, 9.17) is 4.74 Å². The second-order valence-corrected chi connectivity index (χ2v) is 5.58. The highest BCUT2D eigenvalue weighted by Crippen LogP contribution is 2.16. The lowest BCUT2D eigenvalue weighted by Crippen LogP contribution is -2.49. The molecule has 1 aliphatic rings. The van der Waals surface area contributed by atoms with Crippen LogP contribution in [-0.2, 0) is 11.2 Å². The van der Waals surface area contributed by atoms with Gasteiger partial charge in [0, 0.05) is 19.1 Å². The minimum absolute atomic E-state index is 0.368. The number of nitrogens with zero attached hydrogens (tertiary/aromatic N) is 1. The van der Waals surface area contributed by atoms with Gasteiger partial charge >= 0.3 is 0 Å². The summed E-state index contributed by atoms with van der Waals surface area (Å²) in [6.07, 6.45) is 3.13. The van der Waals surface area contributed by atoms with Crippen LogP contribution in [0.4, 0.5) is 0 Å². The Balaban J connectivity index is 1.82. The van der Waals surface area contributed by atoms with Crippen LogP contribution in [0.15, 0.2) is 30.3 Å². The second kappa shape index (κ2) is 6.35. The number of aryl methyl sites for hydroxylation is 1. The zero-order chi connectivity index (χ0) is 13.0. The number of ether oxygens (including phenoxy) is 1. The van der Waals surface area contributed by atoms with Gasteiger partial charge in [0.15, 0.2) is 0 Å². The van der Waals surface area contributed by atoms with Crippen LogP contribution in [0.1, 0.15) is 32.8 Å². The lowest BCUT2D eigenvalue weighted by Gasteiger charge is -2.39. The molecule has 1 saturated heterocycles. The molecule has 18 heavy (non-hydrogen) atoms. The molecule has 0 unspecified atom stereocenters. The predicted octanol–water partition coefficient (Wildman–Crippen LogP) is 3.12. The van der Waals surface area contributed by atoms with Crippen LogP contribution >= 0.6 is 0 Å². The summed E-state index contributed by atoms with van der Waals surface area (Å²) in [5, 5.41) is 0. The average Bonchev–Trinajstić information content (AvgIpc) is 2.36. The molecule has 0 aromatic heterocycles. The normalized spacial score (nSPS) is 27.1. The molecule has 2 nitrogen and oxygen atoms in total. The molecule has 0 aliphatic carbocycles. The van der Waals surface area contributed by atoms with E-state index >= 15 is 0 Å². The van der Waals surface area contributed by atoms with Gasteiger partial charge in [-0.05, 0) is 39.2 Å². The van der Waals surface area contributed by atoms with Crippen LogP contribution in [0.3, 0.4) is 0 Å². The number of rotatable bonds is 4. The van der Waals surface area contributed by atoms with E-state index in [1.807, 2.05) is 0 Å². The van der Waals surface area contributed by atoms with Crippen molar-refractivity contribution in [2.75, 3.05) is 13.1 Å². The predicted molar refractivity (Wildman–Crippen MR) is 75.8 cm³/mol. The average molecular weight is 247 g/mol. The van der Waals surface area contributed by atoms with Crippen LogP contribution in [0, 0.1) is 0 Å². The van der Waals surface area contributed by atoms with Crippen molar-refractivity contribution in [3.8, 4) is 0 Å². The summed E-state index contributed by atoms with van der Waals surface area (Å²) >= 11 is 0. The maximum atomic E-state index is 5.79. The number of benzene rings is 1. The summed E-state index contributed by atoms with van der Waals surface area (Å²) in [7, 11) is 0. The molecule has 2 heteroatoms. The van der Waals surface area contributed by atoms with Crippen LogP contribution < -0.4 is 0 Å². The van der Waals surface area contributed by atoms with E-state index < -0.39 is 0 Å². The van der Waals surface area contributed by atoms with Gasteiger partial charge in [-0.25, -0.2) is 0 Å². The molecule has 0 radical (unpaired) electrons. The van der Waals surface area contributed by atoms with E-state index in [2.05, 4.69) is 56.0 Å². The molecule has 0 N–H and O–H groups in total. The quantitative estimate of drug-likeness (QED) is 0.810. The lowest BCUT2D eigenvalue weighted by molar-refractivity contribution is -0.0790. The van der Waals surface area contributed by atoms with Gasteiger partial charge < -0.3 is 4.74 Å². The Hall–Kier alpha value is -0.860. The monoisotopic (exact) mass is 247 g/mol. The molecule has 1 aromatic rings. The van der Waals surface area contributed by atoms with Gasteiger partial charge in [0.05, 0.1) is 12.2 Å². The van der Waals surface area contributed by atoms with Crippen LogP contribution in [0.5, 0.6) is 0 Å². The summed E-state index contributed by atoms with van der Waals surface area (Å²) in [5.74, 6) is 0. The van der Waals surface area contributed by atoms with Crippen molar-refractivity contribution in [3.05, 3.63) is 35.9 Å². The summed E-state index contributed by atoms with van der Waals surface area (Å²) in [6, 6.07) is 11.4. The number of morpholine rings is 1. The van der Waals surface area contributed by atoms with Gasteiger partial charge in [0.25, 0.3) is 0 Å². The second-order valence-electron chi connectivity index (χ2n) is 5.58. The van der Waals surface area contributed by atoms with Gasteiger partial charge in [0.1, 0.15) is 0 Å². The Morgan fingerprint density at radius 2 is 1.78 bits per heavy atom. The van der Waals surface area contributed by atoms with Gasteiger partial charge in [-0.2, -0.15) is 0 Å². The highest BCUT2D eigenvalue weighted by atomic mass is 16.5. The van der Waals surface area contributed by atoms with Crippen LogP contribution in [0.25, 0.3) is 0 Å². The molecule has 0 amide bonds. The van der Waals surface area contributed by atoms with E-state index in [9.17, 15) is 0 Å². The third-order valence-electron chi connectivity index (χ3n) is 3.76. The van der Waals surface area contributed by atoms with E-state index in [0.29, 0.717) is 18.2 Å². The molecule has 1 aliphatic heterocycles. The molecule has 0 bridgehead atoms. The standard InChI is InChI=1S/C16H25NO/c1-13(9-10-16-7-5-4-6-8-16)17-11-14(2)18-15(3)12-17/h4-8,13-15H,9-12H2,1-3H3/t13-,14-,15+/m0/s1. The Labute approximate surface area is 111 Å². The fraction of sp³-hybridized carbons (Fsp3) is 0.625. The van der Waals surface area contributed by atoms with Crippen molar-refractivity contribution in [1.82, 2.24) is 4.90 Å². The van der Waals surface area contributed by atoms with Crippen molar-refractivity contribution < 1.29 is 4.74 Å². The maximum absolute atomic E-state index is 5.79. The molecule has 0 saturated carbocycles. The van der Waals surface area contributed by atoms with Gasteiger partial charge in [-0.1, -0.05) is 30.3 Å². The van der Waals surface area contributed by atoms with Gasteiger partial charge in [-0.3, -0.25) is 4.90 Å². The molecule has 1 aromatic carbocycles. The lowest BCUT2D eigenvalue weighted by atomic mass is 10.0. The smallest absolute Gasteiger partial charge is 0.0678 e. The summed E-state index contributed by atoms with van der Waals surface area (Å²) in [6.45, 7) is 8.83. The summed E-state index contributed by atoms with van der Waals surface area (Å²) in [4.78, 5) is 2.57. The Kier molecular flexibility index (Phi) is 4.79. The third kappa shape index (κ3) is 3.82. The summed E-state index contributed by atoms with van der Waals surface area (Å²) in [5.41, 5.74) is 1.44. The Bertz CT molecular complexity index is 341. The van der Waals surface area contributed by atoms with E-state index in [1.54, 1.807) is 0 Å². The molecular weight excluding hydrogens is 222 g/mol. The molecule has 1 fully saturated rings. The van der Waals surface area contributed by atoms with Crippen molar-refractivity contribution in [2.45, 2.75) is 51.9 Å². The van der Waals surface area contributed by atoms with E-state index in [-0.39, 0.29) is 0 Å². The molecule has 0 spiro atoms. The SMILES string of the molecule is C[C@@H]1CN([C@@H](C)CCc2ccccc2)C[C@H](C)O1. The fourth-order valence-corrected chi connectivity index (χ4v) is 2.78. The first-order chi connectivity index (χ1) is 8.65. The summed E-state index contributed by atoms with van der Waals surface area (Å²) < 4.78 is 5.79. The molecule has 100 valence electrons. The molecule has 1 heterocycles. The van der Waals surface area contributed by atoms with E-state index in [1.165, 1.54) is 18.4 Å². The largest absolute Gasteiger partial charge is 0.373 e. The number of hydrogen-bond acceptors (Lipinski definition) is 2. The highest BCUT2D eigenvalue weighted by Gasteiger charge is 2.25. The van der Waals surface area contributed by atoms with Crippen molar-refractivity contribution in [3.63, 3.8) is 0 Å². The van der Waals surface area contributed by atoms with Crippen molar-refractivity contribution in [2.24, 2.45) is 0 Å². The minimum atomic E-state index is 0.368. The van der Waals surface area contributed by atoms with Crippen molar-refractivity contribution in [1.29, 1.82) is 0 Å². The first-order valence-corrected chi connectivity index (χ1v) is 7.08. The Morgan fingerprint density at radius 1 is 1.17 bits per heavy atom. The van der Waals surface area contributed by atoms with Crippen LogP contribution in [0.2, 0.25) is 0 Å². The van der Waals surface area contributed by atoms with E-state index in [0.717, 1.165) is 13.1 Å². The van der Waals surface area contributed by atoms with Gasteiger partial charge in [0.2, 0.25) is 0 Å².